The van der Waals surface area contributed by atoms with Gasteiger partial charge in [-0.25, -0.2) is 0 Å². The van der Waals surface area contributed by atoms with Gasteiger partial charge < -0.3 is 10.6 Å². The summed E-state index contributed by atoms with van der Waals surface area (Å²) in [6, 6.07) is 5.05. The first-order chi connectivity index (χ1) is 9.18. The van der Waals surface area contributed by atoms with Gasteiger partial charge in [-0.1, -0.05) is 40.9 Å². The van der Waals surface area contributed by atoms with Crippen molar-refractivity contribution in [2.45, 2.75) is 12.8 Å². The van der Waals surface area contributed by atoms with Crippen LogP contribution in [0.2, 0.25) is 10.0 Å². The van der Waals surface area contributed by atoms with Gasteiger partial charge in [0.2, 0.25) is 0 Å². The predicted molar refractivity (Wildman–Crippen MR) is 79.0 cm³/mol. The molecule has 1 amide bonds. The van der Waals surface area contributed by atoms with Crippen molar-refractivity contribution < 1.29 is 4.79 Å². The third-order valence-corrected chi connectivity index (χ3v) is 3.71. The van der Waals surface area contributed by atoms with E-state index in [0.717, 1.165) is 25.9 Å². The molecule has 2 N–H and O–H groups in total. The van der Waals surface area contributed by atoms with Gasteiger partial charge in [-0.15, -0.1) is 0 Å². The molecule has 3 nitrogen and oxygen atoms in total. The molecule has 1 heterocycles. The second kappa shape index (κ2) is 6.94. The predicted octanol–water partition coefficient (Wildman–Crippen LogP) is 3.03. The fourth-order valence-electron chi connectivity index (χ4n) is 2.04. The number of hydrogen-bond donors (Lipinski definition) is 2. The summed E-state index contributed by atoms with van der Waals surface area (Å²) in [6.45, 7) is 2.53. The highest BCUT2D eigenvalue weighted by molar-refractivity contribution is 6.39. The van der Waals surface area contributed by atoms with Crippen molar-refractivity contribution in [1.29, 1.82) is 0 Å². The maximum absolute atomic E-state index is 12.0. The van der Waals surface area contributed by atoms with Crippen LogP contribution in [0.15, 0.2) is 29.8 Å². The number of halogens is 2. The number of benzene rings is 1. The Morgan fingerprint density at radius 2 is 2.05 bits per heavy atom. The third-order valence-electron chi connectivity index (χ3n) is 3.08. The molecule has 1 aliphatic heterocycles. The molecule has 0 unspecified atom stereocenters. The average molecular weight is 299 g/mol. The van der Waals surface area contributed by atoms with Crippen molar-refractivity contribution in [3.8, 4) is 0 Å². The summed E-state index contributed by atoms with van der Waals surface area (Å²) in [5.41, 5.74) is 1.73. The highest BCUT2D eigenvalue weighted by atomic mass is 35.5. The molecule has 1 aromatic carbocycles. The summed E-state index contributed by atoms with van der Waals surface area (Å²) in [7, 11) is 0. The standard InChI is InChI=1S/C14H16Cl2N2O/c15-11-2-1-3-12(16)13(11)14(19)18-9-6-10-4-7-17-8-5-10/h1-4,17H,5-9H2,(H,18,19). The molecule has 5 heteroatoms. The van der Waals surface area contributed by atoms with Gasteiger partial charge in [0.15, 0.2) is 0 Å². The highest BCUT2D eigenvalue weighted by Gasteiger charge is 2.14. The zero-order valence-electron chi connectivity index (χ0n) is 10.5. The lowest BCUT2D eigenvalue weighted by Gasteiger charge is -2.14. The van der Waals surface area contributed by atoms with Gasteiger partial charge in [-0.05, 0) is 31.5 Å². The van der Waals surface area contributed by atoms with E-state index in [9.17, 15) is 4.79 Å². The van der Waals surface area contributed by atoms with Crippen LogP contribution in [-0.2, 0) is 0 Å². The zero-order chi connectivity index (χ0) is 13.7. The first kappa shape index (κ1) is 14.4. The van der Waals surface area contributed by atoms with Crippen LogP contribution in [0.5, 0.6) is 0 Å². The molecular weight excluding hydrogens is 283 g/mol. The van der Waals surface area contributed by atoms with Crippen LogP contribution < -0.4 is 10.6 Å². The van der Waals surface area contributed by atoms with Crippen LogP contribution in [0.1, 0.15) is 23.2 Å². The molecule has 1 aliphatic rings. The fraction of sp³-hybridized carbons (Fsp3) is 0.357. The minimum absolute atomic E-state index is 0.217. The smallest absolute Gasteiger partial charge is 0.254 e. The summed E-state index contributed by atoms with van der Waals surface area (Å²) in [5.74, 6) is -0.217. The first-order valence-electron chi connectivity index (χ1n) is 6.29. The molecule has 0 saturated carbocycles. The van der Waals surface area contributed by atoms with Crippen molar-refractivity contribution in [2.75, 3.05) is 19.6 Å². The molecule has 0 atom stereocenters. The van der Waals surface area contributed by atoms with Crippen LogP contribution >= 0.6 is 23.2 Å². The lowest BCUT2D eigenvalue weighted by atomic mass is 10.1. The molecule has 102 valence electrons. The Morgan fingerprint density at radius 1 is 1.32 bits per heavy atom. The fourth-order valence-corrected chi connectivity index (χ4v) is 2.61. The van der Waals surface area contributed by atoms with Gasteiger partial charge in [-0.2, -0.15) is 0 Å². The number of hydrogen-bond acceptors (Lipinski definition) is 2. The Labute approximate surface area is 123 Å². The lowest BCUT2D eigenvalue weighted by Crippen LogP contribution is -2.27. The largest absolute Gasteiger partial charge is 0.352 e. The quantitative estimate of drug-likeness (QED) is 0.839. The van der Waals surface area contributed by atoms with Gasteiger partial charge in [0.1, 0.15) is 0 Å². The monoisotopic (exact) mass is 298 g/mol. The van der Waals surface area contributed by atoms with E-state index in [0.29, 0.717) is 22.2 Å². The summed E-state index contributed by atoms with van der Waals surface area (Å²) in [4.78, 5) is 12.0. The van der Waals surface area contributed by atoms with Gasteiger partial charge in [0.05, 0.1) is 15.6 Å². The normalized spacial score (nSPS) is 14.9. The number of rotatable bonds is 4. The van der Waals surface area contributed by atoms with Gasteiger partial charge >= 0.3 is 0 Å². The topological polar surface area (TPSA) is 41.1 Å². The molecule has 0 bridgehead atoms. The van der Waals surface area contributed by atoms with Crippen LogP contribution in [0, 0.1) is 0 Å². The highest BCUT2D eigenvalue weighted by Crippen LogP contribution is 2.23. The summed E-state index contributed by atoms with van der Waals surface area (Å²) in [6.07, 6.45) is 4.09. The summed E-state index contributed by atoms with van der Waals surface area (Å²) in [5, 5.41) is 6.88. The summed E-state index contributed by atoms with van der Waals surface area (Å²) < 4.78 is 0. The van der Waals surface area contributed by atoms with E-state index in [1.807, 2.05) is 0 Å². The molecule has 0 spiro atoms. The maximum Gasteiger partial charge on any atom is 0.254 e. The van der Waals surface area contributed by atoms with Crippen LogP contribution in [-0.4, -0.2) is 25.5 Å². The molecule has 2 rings (SSSR count). The average Bonchev–Trinajstić information content (AvgIpc) is 2.40. The Balaban J connectivity index is 1.89. The van der Waals surface area contributed by atoms with E-state index in [1.165, 1.54) is 5.57 Å². The van der Waals surface area contributed by atoms with E-state index >= 15 is 0 Å². The summed E-state index contributed by atoms with van der Waals surface area (Å²) >= 11 is 12.0. The van der Waals surface area contributed by atoms with Gasteiger partial charge in [0.25, 0.3) is 5.91 Å². The van der Waals surface area contributed by atoms with E-state index in [2.05, 4.69) is 16.7 Å². The third kappa shape index (κ3) is 3.96. The Morgan fingerprint density at radius 3 is 2.68 bits per heavy atom. The minimum atomic E-state index is -0.217. The van der Waals surface area contributed by atoms with Crippen molar-refractivity contribution in [2.24, 2.45) is 0 Å². The van der Waals surface area contributed by atoms with Crippen LogP contribution in [0.25, 0.3) is 0 Å². The van der Waals surface area contributed by atoms with Crippen LogP contribution in [0.4, 0.5) is 0 Å². The van der Waals surface area contributed by atoms with Crippen molar-refractivity contribution in [3.63, 3.8) is 0 Å². The molecule has 0 radical (unpaired) electrons. The molecule has 0 aromatic heterocycles. The Kier molecular flexibility index (Phi) is 5.25. The zero-order valence-corrected chi connectivity index (χ0v) is 12.0. The molecule has 19 heavy (non-hydrogen) atoms. The van der Waals surface area contributed by atoms with Crippen molar-refractivity contribution in [3.05, 3.63) is 45.5 Å². The molecule has 0 fully saturated rings. The number of carbonyl (C=O) groups is 1. The molecular formula is C14H16Cl2N2O. The van der Waals surface area contributed by atoms with E-state index in [-0.39, 0.29) is 5.91 Å². The van der Waals surface area contributed by atoms with Crippen LogP contribution in [0.3, 0.4) is 0 Å². The molecule has 0 saturated heterocycles. The maximum atomic E-state index is 12.0. The van der Waals surface area contributed by atoms with Gasteiger partial charge in [0, 0.05) is 13.1 Å². The SMILES string of the molecule is O=C(NCCC1=CCNCC1)c1c(Cl)cccc1Cl. The second-order valence-electron chi connectivity index (χ2n) is 4.42. The van der Waals surface area contributed by atoms with Crippen molar-refractivity contribution in [1.82, 2.24) is 10.6 Å². The Hall–Kier alpha value is -1.03. The number of carbonyl (C=O) groups excluding carboxylic acids is 1. The van der Waals surface area contributed by atoms with E-state index in [1.54, 1.807) is 18.2 Å². The Bertz CT molecular complexity index is 480. The number of nitrogens with one attached hydrogen (secondary N) is 2. The molecule has 0 aliphatic carbocycles. The second-order valence-corrected chi connectivity index (χ2v) is 5.23. The van der Waals surface area contributed by atoms with Gasteiger partial charge in [-0.3, -0.25) is 4.79 Å². The van der Waals surface area contributed by atoms with Crippen molar-refractivity contribution >= 4 is 29.1 Å². The van der Waals surface area contributed by atoms with E-state index < -0.39 is 0 Å². The minimum Gasteiger partial charge on any atom is -0.352 e. The first-order valence-corrected chi connectivity index (χ1v) is 7.05. The van der Waals surface area contributed by atoms with E-state index in [4.69, 9.17) is 23.2 Å². The number of amides is 1. The molecule has 1 aromatic rings. The lowest BCUT2D eigenvalue weighted by molar-refractivity contribution is 0.0954.